The molecule has 0 saturated carbocycles. The van der Waals surface area contributed by atoms with Gasteiger partial charge < -0.3 is 5.32 Å². The van der Waals surface area contributed by atoms with Crippen LogP contribution in [0.3, 0.4) is 0 Å². The number of pyridine rings is 1. The van der Waals surface area contributed by atoms with Crippen molar-refractivity contribution in [3.63, 3.8) is 0 Å². The second-order valence-corrected chi connectivity index (χ2v) is 4.76. The number of rotatable bonds is 5. The summed E-state index contributed by atoms with van der Waals surface area (Å²) < 4.78 is 13.5. The second-order valence-electron chi connectivity index (χ2n) is 4.35. The molecule has 0 spiro atoms. The lowest BCUT2D eigenvalue weighted by Gasteiger charge is -2.18. The third-order valence-corrected chi connectivity index (χ3v) is 3.27. The highest BCUT2D eigenvalue weighted by atomic mass is 35.5. The van der Waals surface area contributed by atoms with E-state index in [4.69, 9.17) is 11.6 Å². The number of benzene rings is 1. The average Bonchev–Trinajstić information content (AvgIpc) is 2.43. The lowest BCUT2D eigenvalue weighted by Crippen LogP contribution is -2.23. The van der Waals surface area contributed by atoms with Gasteiger partial charge in [0.15, 0.2) is 0 Å². The van der Waals surface area contributed by atoms with E-state index in [-0.39, 0.29) is 16.9 Å². The molecule has 1 heterocycles. The monoisotopic (exact) mass is 278 g/mol. The molecule has 0 radical (unpaired) electrons. The van der Waals surface area contributed by atoms with E-state index in [1.165, 1.54) is 6.07 Å². The molecule has 2 rings (SSSR count). The zero-order valence-corrected chi connectivity index (χ0v) is 11.5. The van der Waals surface area contributed by atoms with Gasteiger partial charge in [-0.1, -0.05) is 30.7 Å². The predicted octanol–water partition coefficient (Wildman–Crippen LogP) is 3.77. The summed E-state index contributed by atoms with van der Waals surface area (Å²) in [6.45, 7) is 2.89. The van der Waals surface area contributed by atoms with Crippen LogP contribution >= 0.6 is 11.6 Å². The molecule has 0 saturated heterocycles. The average molecular weight is 279 g/mol. The van der Waals surface area contributed by atoms with Gasteiger partial charge in [0.1, 0.15) is 5.82 Å². The van der Waals surface area contributed by atoms with Crippen LogP contribution in [0.25, 0.3) is 0 Å². The summed E-state index contributed by atoms with van der Waals surface area (Å²) >= 11 is 5.69. The van der Waals surface area contributed by atoms with Crippen LogP contribution in [0.2, 0.25) is 5.02 Å². The van der Waals surface area contributed by atoms with Crippen LogP contribution < -0.4 is 5.32 Å². The maximum atomic E-state index is 13.5. The minimum atomic E-state index is -0.374. The van der Waals surface area contributed by atoms with Crippen molar-refractivity contribution < 1.29 is 4.39 Å². The molecule has 1 aromatic heterocycles. The molecule has 0 aliphatic rings. The number of halogens is 2. The van der Waals surface area contributed by atoms with Crippen LogP contribution in [0, 0.1) is 5.82 Å². The van der Waals surface area contributed by atoms with E-state index in [1.807, 2.05) is 31.3 Å². The third kappa shape index (κ3) is 3.75. The first-order valence-corrected chi connectivity index (χ1v) is 6.65. The van der Waals surface area contributed by atoms with E-state index in [9.17, 15) is 4.39 Å². The van der Waals surface area contributed by atoms with Gasteiger partial charge in [0.2, 0.25) is 0 Å². The summed E-state index contributed by atoms with van der Waals surface area (Å²) in [5.41, 5.74) is 2.01. The highest BCUT2D eigenvalue weighted by Crippen LogP contribution is 2.21. The zero-order valence-electron chi connectivity index (χ0n) is 10.7. The molecule has 1 N–H and O–H groups in total. The fraction of sp³-hybridized carbons (Fsp3) is 0.267. The summed E-state index contributed by atoms with van der Waals surface area (Å²) in [6, 6.07) is 8.99. The Morgan fingerprint density at radius 3 is 2.84 bits per heavy atom. The van der Waals surface area contributed by atoms with Crippen molar-refractivity contribution in [1.29, 1.82) is 0 Å². The van der Waals surface area contributed by atoms with E-state index in [1.54, 1.807) is 12.3 Å². The number of hydrogen-bond acceptors (Lipinski definition) is 2. The maximum absolute atomic E-state index is 13.5. The van der Waals surface area contributed by atoms with Gasteiger partial charge in [-0.3, -0.25) is 4.98 Å². The molecule has 1 unspecified atom stereocenters. The van der Waals surface area contributed by atoms with E-state index in [2.05, 4.69) is 10.3 Å². The SMILES string of the molecule is CCNC(Cc1ccc(Cl)c(F)c1)c1cccnc1. The topological polar surface area (TPSA) is 24.9 Å². The molecule has 0 aliphatic heterocycles. The smallest absolute Gasteiger partial charge is 0.142 e. The molecule has 0 amide bonds. The van der Waals surface area contributed by atoms with Crippen LogP contribution in [0.15, 0.2) is 42.7 Å². The Balaban J connectivity index is 2.19. The van der Waals surface area contributed by atoms with Crippen LogP contribution in [-0.2, 0) is 6.42 Å². The Morgan fingerprint density at radius 1 is 1.37 bits per heavy atom. The Kier molecular flexibility index (Phi) is 4.88. The highest BCUT2D eigenvalue weighted by Gasteiger charge is 2.12. The second kappa shape index (κ2) is 6.64. The minimum Gasteiger partial charge on any atom is -0.310 e. The van der Waals surface area contributed by atoms with E-state index >= 15 is 0 Å². The van der Waals surface area contributed by atoms with Crippen LogP contribution in [0.1, 0.15) is 24.1 Å². The van der Waals surface area contributed by atoms with Crippen molar-refractivity contribution in [2.45, 2.75) is 19.4 Å². The molecule has 0 aliphatic carbocycles. The number of nitrogens with zero attached hydrogens (tertiary/aromatic N) is 1. The largest absolute Gasteiger partial charge is 0.310 e. The molecule has 2 nitrogen and oxygen atoms in total. The van der Waals surface area contributed by atoms with Gasteiger partial charge in [-0.05, 0) is 42.3 Å². The van der Waals surface area contributed by atoms with Crippen molar-refractivity contribution in [3.05, 3.63) is 64.7 Å². The Morgan fingerprint density at radius 2 is 2.21 bits per heavy atom. The molecule has 100 valence electrons. The maximum Gasteiger partial charge on any atom is 0.142 e. The highest BCUT2D eigenvalue weighted by molar-refractivity contribution is 6.30. The Bertz CT molecular complexity index is 531. The normalized spacial score (nSPS) is 12.4. The molecule has 4 heteroatoms. The molecular weight excluding hydrogens is 263 g/mol. The lowest BCUT2D eigenvalue weighted by molar-refractivity contribution is 0.545. The predicted molar refractivity (Wildman–Crippen MR) is 75.8 cm³/mol. The summed E-state index contributed by atoms with van der Waals surface area (Å²) in [5, 5.41) is 3.54. The van der Waals surface area contributed by atoms with Crippen LogP contribution in [0.5, 0.6) is 0 Å². The third-order valence-electron chi connectivity index (χ3n) is 2.96. The number of likely N-dealkylation sites (N-methyl/N-ethyl adjacent to an activating group) is 1. The summed E-state index contributed by atoms with van der Waals surface area (Å²) in [4.78, 5) is 4.13. The van der Waals surface area contributed by atoms with Crippen molar-refractivity contribution in [1.82, 2.24) is 10.3 Å². The van der Waals surface area contributed by atoms with Crippen molar-refractivity contribution in [3.8, 4) is 0 Å². The number of hydrogen-bond donors (Lipinski definition) is 1. The van der Waals surface area contributed by atoms with E-state index in [0.717, 1.165) is 17.7 Å². The van der Waals surface area contributed by atoms with Crippen molar-refractivity contribution >= 4 is 11.6 Å². The zero-order chi connectivity index (χ0) is 13.7. The van der Waals surface area contributed by atoms with Crippen LogP contribution in [-0.4, -0.2) is 11.5 Å². The first-order valence-electron chi connectivity index (χ1n) is 6.28. The fourth-order valence-corrected chi connectivity index (χ4v) is 2.16. The summed E-state index contributed by atoms with van der Waals surface area (Å²) in [7, 11) is 0. The van der Waals surface area contributed by atoms with Crippen LogP contribution in [0.4, 0.5) is 4.39 Å². The molecular formula is C15H16ClFN2. The summed E-state index contributed by atoms with van der Waals surface area (Å²) in [6.07, 6.45) is 4.28. The van der Waals surface area contributed by atoms with E-state index in [0.29, 0.717) is 6.42 Å². The number of aromatic nitrogens is 1. The van der Waals surface area contributed by atoms with Gasteiger partial charge in [-0.25, -0.2) is 4.39 Å². The van der Waals surface area contributed by atoms with Gasteiger partial charge in [0.05, 0.1) is 5.02 Å². The standard InChI is InChI=1S/C15H16ClFN2/c1-2-19-15(12-4-3-7-18-10-12)9-11-5-6-13(16)14(17)8-11/h3-8,10,15,19H,2,9H2,1H3. The fourth-order valence-electron chi connectivity index (χ4n) is 2.04. The van der Waals surface area contributed by atoms with Crippen molar-refractivity contribution in [2.24, 2.45) is 0 Å². The van der Waals surface area contributed by atoms with Gasteiger partial charge >= 0.3 is 0 Å². The molecule has 0 fully saturated rings. The quantitative estimate of drug-likeness (QED) is 0.901. The molecule has 19 heavy (non-hydrogen) atoms. The summed E-state index contributed by atoms with van der Waals surface area (Å²) in [5.74, 6) is -0.374. The van der Waals surface area contributed by atoms with Gasteiger partial charge in [0.25, 0.3) is 0 Å². The number of nitrogens with one attached hydrogen (secondary N) is 1. The van der Waals surface area contributed by atoms with Crippen molar-refractivity contribution in [2.75, 3.05) is 6.54 Å². The Hall–Kier alpha value is -1.45. The first-order chi connectivity index (χ1) is 9.20. The Labute approximate surface area is 117 Å². The molecule has 2 aromatic rings. The first kappa shape index (κ1) is 14.0. The van der Waals surface area contributed by atoms with E-state index < -0.39 is 0 Å². The van der Waals surface area contributed by atoms with Gasteiger partial charge in [-0.15, -0.1) is 0 Å². The lowest BCUT2D eigenvalue weighted by atomic mass is 10.00. The van der Waals surface area contributed by atoms with Gasteiger partial charge in [0, 0.05) is 18.4 Å². The minimum absolute atomic E-state index is 0.124. The van der Waals surface area contributed by atoms with Gasteiger partial charge in [-0.2, -0.15) is 0 Å². The molecule has 0 bridgehead atoms. The molecule has 1 aromatic carbocycles. The molecule has 1 atom stereocenters.